The molecule has 0 saturated heterocycles. The van der Waals surface area contributed by atoms with Crippen molar-refractivity contribution in [3.63, 3.8) is 0 Å². The van der Waals surface area contributed by atoms with Crippen molar-refractivity contribution < 1.29 is 26.7 Å². The minimum Gasteiger partial charge on any atom is -0.508 e. The van der Waals surface area contributed by atoms with Crippen LogP contribution in [-0.2, 0) is 16.6 Å². The van der Waals surface area contributed by atoms with Gasteiger partial charge in [0.15, 0.2) is 0 Å². The van der Waals surface area contributed by atoms with Gasteiger partial charge in [-0.1, -0.05) is 12.1 Å². The normalized spacial score (nSPS) is 12.6. The molecule has 0 atom stereocenters. The Morgan fingerprint density at radius 3 is 2.21 bits per heavy atom. The van der Waals surface area contributed by atoms with Gasteiger partial charge in [0.1, 0.15) is 12.3 Å². The van der Waals surface area contributed by atoms with E-state index in [1.54, 1.807) is 12.1 Å². The van der Waals surface area contributed by atoms with Crippen LogP contribution in [0.4, 0.5) is 13.2 Å². The van der Waals surface area contributed by atoms with Crippen LogP contribution in [0, 0.1) is 0 Å². The molecule has 0 fully saturated rings. The van der Waals surface area contributed by atoms with Gasteiger partial charge in [0.25, 0.3) is 10.2 Å². The highest BCUT2D eigenvalue weighted by atomic mass is 32.2. The van der Waals surface area contributed by atoms with Crippen molar-refractivity contribution in [2.24, 2.45) is 0 Å². The van der Waals surface area contributed by atoms with E-state index >= 15 is 0 Å². The van der Waals surface area contributed by atoms with Crippen LogP contribution in [0.15, 0.2) is 24.3 Å². The fraction of sp³-hybridized carbons (Fsp3) is 0.400. The highest BCUT2D eigenvalue weighted by Gasteiger charge is 2.29. The number of aromatic hydroxyl groups is 1. The van der Waals surface area contributed by atoms with Crippen LogP contribution in [-0.4, -0.2) is 32.8 Å². The average molecular weight is 298 g/mol. The summed E-state index contributed by atoms with van der Waals surface area (Å²) in [5.41, 5.74) is 0.747. The van der Waals surface area contributed by atoms with Gasteiger partial charge in [0.05, 0.1) is 0 Å². The zero-order valence-corrected chi connectivity index (χ0v) is 10.6. The fourth-order valence-electron chi connectivity index (χ4n) is 1.22. The van der Waals surface area contributed by atoms with Crippen LogP contribution < -0.4 is 9.44 Å². The molecule has 0 heterocycles. The molecule has 0 radical (unpaired) electrons. The summed E-state index contributed by atoms with van der Waals surface area (Å²) < 4.78 is 61.2. The summed E-state index contributed by atoms with van der Waals surface area (Å²) in [6.45, 7) is -1.65. The second-order valence-electron chi connectivity index (χ2n) is 3.75. The Labute approximate surface area is 108 Å². The van der Waals surface area contributed by atoms with Crippen molar-refractivity contribution in [3.05, 3.63) is 29.8 Å². The minimum atomic E-state index is -4.59. The molecule has 0 amide bonds. The average Bonchev–Trinajstić information content (AvgIpc) is 2.29. The lowest BCUT2D eigenvalue weighted by Gasteiger charge is -2.10. The van der Waals surface area contributed by atoms with Gasteiger partial charge in [0, 0.05) is 6.54 Å². The van der Waals surface area contributed by atoms with Gasteiger partial charge in [0.2, 0.25) is 0 Å². The number of hydrogen-bond donors (Lipinski definition) is 3. The molecule has 1 aromatic rings. The van der Waals surface area contributed by atoms with Gasteiger partial charge in [-0.25, -0.2) is 4.72 Å². The summed E-state index contributed by atoms with van der Waals surface area (Å²) in [7, 11) is -4.16. The molecule has 9 heteroatoms. The van der Waals surface area contributed by atoms with Gasteiger partial charge >= 0.3 is 6.18 Å². The molecule has 5 nitrogen and oxygen atoms in total. The molecule has 0 aliphatic rings. The third kappa shape index (κ3) is 6.99. The van der Waals surface area contributed by atoms with Crippen LogP contribution in [0.2, 0.25) is 0 Å². The lowest BCUT2D eigenvalue weighted by atomic mass is 10.1. The molecule has 0 bridgehead atoms. The Hall–Kier alpha value is -1.32. The molecule has 108 valence electrons. The Kier molecular flexibility index (Phi) is 5.15. The summed E-state index contributed by atoms with van der Waals surface area (Å²) in [5, 5.41) is 9.03. The van der Waals surface area contributed by atoms with E-state index in [0.29, 0.717) is 6.42 Å². The van der Waals surface area contributed by atoms with E-state index in [4.69, 9.17) is 5.11 Å². The zero-order chi connectivity index (χ0) is 14.5. The predicted molar refractivity (Wildman–Crippen MR) is 62.8 cm³/mol. The lowest BCUT2D eigenvalue weighted by Crippen LogP contribution is -2.42. The Morgan fingerprint density at radius 2 is 1.68 bits per heavy atom. The first-order chi connectivity index (χ1) is 8.68. The minimum absolute atomic E-state index is 0.0437. The molecule has 0 spiro atoms. The van der Waals surface area contributed by atoms with Crippen LogP contribution in [0.3, 0.4) is 0 Å². The second kappa shape index (κ2) is 6.22. The lowest BCUT2D eigenvalue weighted by molar-refractivity contribution is -0.121. The molecule has 1 aromatic carbocycles. The monoisotopic (exact) mass is 298 g/mol. The van der Waals surface area contributed by atoms with E-state index in [9.17, 15) is 21.6 Å². The summed E-state index contributed by atoms with van der Waals surface area (Å²) in [6.07, 6.45) is -4.29. The predicted octanol–water partition coefficient (Wildman–Crippen LogP) is 0.921. The number of phenols is 1. The Morgan fingerprint density at radius 1 is 1.11 bits per heavy atom. The first kappa shape index (κ1) is 15.7. The quantitative estimate of drug-likeness (QED) is 0.731. The second-order valence-corrected chi connectivity index (χ2v) is 5.33. The summed E-state index contributed by atoms with van der Waals surface area (Å²) in [6, 6.07) is 6.05. The van der Waals surface area contributed by atoms with E-state index in [1.165, 1.54) is 16.9 Å². The van der Waals surface area contributed by atoms with Crippen molar-refractivity contribution in [2.75, 3.05) is 13.1 Å². The number of benzene rings is 1. The third-order valence-corrected chi connectivity index (χ3v) is 3.21. The van der Waals surface area contributed by atoms with E-state index in [1.807, 2.05) is 4.72 Å². The molecule has 19 heavy (non-hydrogen) atoms. The van der Waals surface area contributed by atoms with Gasteiger partial charge in [-0.05, 0) is 24.1 Å². The summed E-state index contributed by atoms with van der Waals surface area (Å²) in [4.78, 5) is 0. The number of phenolic OH excluding ortho intramolecular Hbond substituents is 1. The maximum atomic E-state index is 11.8. The largest absolute Gasteiger partial charge is 0.508 e. The van der Waals surface area contributed by atoms with Crippen molar-refractivity contribution >= 4 is 10.2 Å². The van der Waals surface area contributed by atoms with E-state index in [-0.39, 0.29) is 12.3 Å². The van der Waals surface area contributed by atoms with Crippen LogP contribution in [0.5, 0.6) is 5.75 Å². The van der Waals surface area contributed by atoms with Gasteiger partial charge in [-0.15, -0.1) is 0 Å². The maximum absolute atomic E-state index is 11.8. The van der Waals surface area contributed by atoms with E-state index in [2.05, 4.69) is 0 Å². The molecular weight excluding hydrogens is 285 g/mol. The standard InChI is InChI=1S/C10H13F3N2O3S/c11-10(12,13)7-15-19(17,18)14-6-5-8-1-3-9(16)4-2-8/h1-4,14-16H,5-7H2. The van der Waals surface area contributed by atoms with Crippen molar-refractivity contribution in [1.82, 2.24) is 9.44 Å². The summed E-state index contributed by atoms with van der Waals surface area (Å²) >= 11 is 0. The van der Waals surface area contributed by atoms with Crippen LogP contribution >= 0.6 is 0 Å². The third-order valence-electron chi connectivity index (χ3n) is 2.10. The number of hydrogen-bond acceptors (Lipinski definition) is 3. The number of nitrogens with one attached hydrogen (secondary N) is 2. The Balaban J connectivity index is 2.37. The highest BCUT2D eigenvalue weighted by molar-refractivity contribution is 7.87. The molecule has 0 aliphatic heterocycles. The molecule has 3 N–H and O–H groups in total. The molecule has 0 aliphatic carbocycles. The molecular formula is C10H13F3N2O3S. The van der Waals surface area contributed by atoms with Crippen molar-refractivity contribution in [1.29, 1.82) is 0 Å². The molecule has 0 unspecified atom stereocenters. The Bertz CT molecular complexity index is 500. The van der Waals surface area contributed by atoms with Gasteiger partial charge in [-0.2, -0.15) is 26.3 Å². The van der Waals surface area contributed by atoms with Gasteiger partial charge in [-0.3, -0.25) is 0 Å². The molecule has 1 rings (SSSR count). The maximum Gasteiger partial charge on any atom is 0.402 e. The summed E-state index contributed by atoms with van der Waals surface area (Å²) in [5.74, 6) is 0.0798. The van der Waals surface area contributed by atoms with E-state index < -0.39 is 22.9 Å². The van der Waals surface area contributed by atoms with E-state index in [0.717, 1.165) is 5.56 Å². The molecule has 0 aromatic heterocycles. The SMILES string of the molecule is O=S(=O)(NCCc1ccc(O)cc1)NCC(F)(F)F. The number of halogens is 3. The topological polar surface area (TPSA) is 78.4 Å². The van der Waals surface area contributed by atoms with Crippen LogP contribution in [0.25, 0.3) is 0 Å². The zero-order valence-electron chi connectivity index (χ0n) is 9.74. The van der Waals surface area contributed by atoms with Gasteiger partial charge < -0.3 is 5.11 Å². The van der Waals surface area contributed by atoms with Crippen molar-refractivity contribution in [2.45, 2.75) is 12.6 Å². The number of alkyl halides is 3. The van der Waals surface area contributed by atoms with Crippen LogP contribution in [0.1, 0.15) is 5.56 Å². The number of rotatable bonds is 6. The first-order valence-corrected chi connectivity index (χ1v) is 6.75. The molecule has 0 saturated carbocycles. The smallest absolute Gasteiger partial charge is 0.402 e. The highest BCUT2D eigenvalue weighted by Crippen LogP contribution is 2.12. The first-order valence-electron chi connectivity index (χ1n) is 5.27. The van der Waals surface area contributed by atoms with Crippen molar-refractivity contribution in [3.8, 4) is 5.75 Å². The fourth-order valence-corrected chi connectivity index (χ4v) is 2.05.